The number of aromatic nitrogens is 1. The van der Waals surface area contributed by atoms with Crippen molar-refractivity contribution in [2.24, 2.45) is 0 Å². The summed E-state index contributed by atoms with van der Waals surface area (Å²) in [4.78, 5) is 7.25. The molecule has 1 aliphatic rings. The maximum Gasteiger partial charge on any atom is 0.185 e. The second-order valence-electron chi connectivity index (χ2n) is 5.53. The van der Waals surface area contributed by atoms with Crippen LogP contribution in [0.25, 0.3) is 11.3 Å². The zero-order valence-corrected chi connectivity index (χ0v) is 13.2. The Balaban J connectivity index is 1.94. The van der Waals surface area contributed by atoms with E-state index in [9.17, 15) is 0 Å². The Morgan fingerprint density at radius 1 is 1.10 bits per heavy atom. The van der Waals surface area contributed by atoms with Crippen LogP contribution in [0.2, 0.25) is 0 Å². The van der Waals surface area contributed by atoms with Crippen LogP contribution < -0.4 is 10.2 Å². The Hall–Kier alpha value is -1.39. The van der Waals surface area contributed by atoms with Crippen molar-refractivity contribution in [2.45, 2.75) is 20.8 Å². The molecule has 1 saturated heterocycles. The van der Waals surface area contributed by atoms with Gasteiger partial charge in [0, 0.05) is 37.1 Å². The van der Waals surface area contributed by atoms with Gasteiger partial charge in [0.15, 0.2) is 5.13 Å². The van der Waals surface area contributed by atoms with E-state index in [2.05, 4.69) is 48.5 Å². The molecule has 2 aromatic rings. The summed E-state index contributed by atoms with van der Waals surface area (Å²) < 4.78 is 0. The summed E-state index contributed by atoms with van der Waals surface area (Å²) in [6.07, 6.45) is 0. The van der Waals surface area contributed by atoms with Crippen LogP contribution in [-0.4, -0.2) is 31.2 Å². The van der Waals surface area contributed by atoms with Crippen molar-refractivity contribution in [1.82, 2.24) is 10.3 Å². The quantitative estimate of drug-likeness (QED) is 0.919. The molecule has 1 aromatic carbocycles. The molecule has 0 bridgehead atoms. The van der Waals surface area contributed by atoms with Gasteiger partial charge in [-0.05, 0) is 31.9 Å². The molecule has 0 amide bonds. The van der Waals surface area contributed by atoms with Gasteiger partial charge in [-0.1, -0.05) is 17.7 Å². The highest BCUT2D eigenvalue weighted by Gasteiger charge is 2.16. The monoisotopic (exact) mass is 287 g/mol. The number of piperazine rings is 1. The van der Waals surface area contributed by atoms with Crippen molar-refractivity contribution >= 4 is 16.5 Å². The lowest BCUT2D eigenvalue weighted by atomic mass is 9.98. The molecule has 0 saturated carbocycles. The number of nitrogens with zero attached hydrogens (tertiary/aromatic N) is 2. The lowest BCUT2D eigenvalue weighted by Gasteiger charge is -2.26. The molecular weight excluding hydrogens is 266 g/mol. The van der Waals surface area contributed by atoms with Crippen molar-refractivity contribution in [2.75, 3.05) is 31.1 Å². The van der Waals surface area contributed by atoms with Crippen molar-refractivity contribution < 1.29 is 0 Å². The molecule has 0 aliphatic carbocycles. The van der Waals surface area contributed by atoms with Gasteiger partial charge in [0.1, 0.15) is 0 Å². The van der Waals surface area contributed by atoms with Gasteiger partial charge in [0.2, 0.25) is 0 Å². The molecule has 1 fully saturated rings. The third kappa shape index (κ3) is 2.58. The van der Waals surface area contributed by atoms with Gasteiger partial charge in [-0.2, -0.15) is 0 Å². The molecule has 0 atom stereocenters. The number of anilines is 1. The van der Waals surface area contributed by atoms with Crippen LogP contribution in [0.3, 0.4) is 0 Å². The highest BCUT2D eigenvalue weighted by atomic mass is 32.1. The van der Waals surface area contributed by atoms with Crippen LogP contribution in [0, 0.1) is 20.8 Å². The van der Waals surface area contributed by atoms with E-state index in [1.54, 1.807) is 11.3 Å². The molecule has 0 radical (unpaired) electrons. The fraction of sp³-hybridized carbons (Fsp3) is 0.438. The fourth-order valence-electron chi connectivity index (χ4n) is 2.96. The SMILES string of the molecule is Cc1cc(C)c(-c2csc(N3CCNCC3)n2)c(C)c1. The predicted octanol–water partition coefficient (Wildman–Crippen LogP) is 3.14. The van der Waals surface area contributed by atoms with Gasteiger partial charge in [-0.15, -0.1) is 11.3 Å². The number of aryl methyl sites for hydroxylation is 3. The molecule has 3 rings (SSSR count). The molecule has 1 N–H and O–H groups in total. The second kappa shape index (κ2) is 5.54. The standard InChI is InChI=1S/C16H21N3S/c1-11-8-12(2)15(13(3)9-11)14-10-20-16(18-14)19-6-4-17-5-7-19/h8-10,17H,4-7H2,1-3H3. The van der Waals surface area contributed by atoms with Gasteiger partial charge in [0.25, 0.3) is 0 Å². The van der Waals surface area contributed by atoms with Crippen molar-refractivity contribution in [3.63, 3.8) is 0 Å². The number of benzene rings is 1. The average Bonchev–Trinajstić information content (AvgIpc) is 2.88. The molecule has 2 heterocycles. The van der Waals surface area contributed by atoms with Crippen molar-refractivity contribution in [1.29, 1.82) is 0 Å². The minimum Gasteiger partial charge on any atom is -0.346 e. The number of thiazole rings is 1. The summed E-state index contributed by atoms with van der Waals surface area (Å²) in [6.45, 7) is 10.7. The van der Waals surface area contributed by atoms with E-state index >= 15 is 0 Å². The maximum atomic E-state index is 4.87. The highest BCUT2D eigenvalue weighted by Crippen LogP contribution is 2.32. The first kappa shape index (κ1) is 13.6. The lowest BCUT2D eigenvalue weighted by Crippen LogP contribution is -2.43. The molecule has 0 spiro atoms. The number of nitrogens with one attached hydrogen (secondary N) is 1. The number of hydrogen-bond acceptors (Lipinski definition) is 4. The van der Waals surface area contributed by atoms with E-state index in [0.717, 1.165) is 37.0 Å². The number of hydrogen-bond donors (Lipinski definition) is 1. The first-order valence-electron chi connectivity index (χ1n) is 7.14. The Morgan fingerprint density at radius 2 is 1.75 bits per heavy atom. The minimum atomic E-state index is 1.05. The largest absolute Gasteiger partial charge is 0.346 e. The summed E-state index contributed by atoms with van der Waals surface area (Å²) in [5, 5.41) is 6.73. The Bertz CT molecular complexity index is 589. The summed E-state index contributed by atoms with van der Waals surface area (Å²) in [5.74, 6) is 0. The number of rotatable bonds is 2. The topological polar surface area (TPSA) is 28.2 Å². The normalized spacial score (nSPS) is 15.7. The average molecular weight is 287 g/mol. The second-order valence-corrected chi connectivity index (χ2v) is 6.36. The summed E-state index contributed by atoms with van der Waals surface area (Å²) >= 11 is 1.76. The predicted molar refractivity (Wildman–Crippen MR) is 86.8 cm³/mol. The Kier molecular flexibility index (Phi) is 3.76. The van der Waals surface area contributed by atoms with Crippen molar-refractivity contribution in [3.8, 4) is 11.3 Å². The van der Waals surface area contributed by atoms with E-state index in [1.165, 1.54) is 22.3 Å². The summed E-state index contributed by atoms with van der Waals surface area (Å²) in [5.41, 5.74) is 6.38. The highest BCUT2D eigenvalue weighted by molar-refractivity contribution is 7.14. The Morgan fingerprint density at radius 3 is 2.40 bits per heavy atom. The van der Waals surface area contributed by atoms with E-state index in [-0.39, 0.29) is 0 Å². The molecule has 1 aromatic heterocycles. The minimum absolute atomic E-state index is 1.05. The van der Waals surface area contributed by atoms with Crippen LogP contribution in [0.5, 0.6) is 0 Å². The molecular formula is C16H21N3S. The third-order valence-electron chi connectivity index (χ3n) is 3.81. The first-order chi connectivity index (χ1) is 9.65. The van der Waals surface area contributed by atoms with Crippen LogP contribution >= 0.6 is 11.3 Å². The van der Waals surface area contributed by atoms with Crippen LogP contribution in [-0.2, 0) is 0 Å². The molecule has 4 heteroatoms. The fourth-order valence-corrected chi connectivity index (χ4v) is 3.83. The maximum absolute atomic E-state index is 4.87. The van der Waals surface area contributed by atoms with E-state index < -0.39 is 0 Å². The van der Waals surface area contributed by atoms with E-state index in [4.69, 9.17) is 4.98 Å². The van der Waals surface area contributed by atoms with Gasteiger partial charge in [-0.25, -0.2) is 4.98 Å². The van der Waals surface area contributed by atoms with Crippen molar-refractivity contribution in [3.05, 3.63) is 34.2 Å². The Labute approximate surface area is 124 Å². The van der Waals surface area contributed by atoms with Gasteiger partial charge in [0.05, 0.1) is 5.69 Å². The van der Waals surface area contributed by atoms with Crippen LogP contribution in [0.4, 0.5) is 5.13 Å². The summed E-state index contributed by atoms with van der Waals surface area (Å²) in [7, 11) is 0. The van der Waals surface area contributed by atoms with Gasteiger partial charge >= 0.3 is 0 Å². The molecule has 1 aliphatic heterocycles. The zero-order valence-electron chi connectivity index (χ0n) is 12.4. The third-order valence-corrected chi connectivity index (χ3v) is 4.71. The van der Waals surface area contributed by atoms with Gasteiger partial charge in [-0.3, -0.25) is 0 Å². The van der Waals surface area contributed by atoms with Gasteiger partial charge < -0.3 is 10.2 Å². The zero-order chi connectivity index (χ0) is 14.1. The smallest absolute Gasteiger partial charge is 0.185 e. The first-order valence-corrected chi connectivity index (χ1v) is 8.02. The van der Waals surface area contributed by atoms with E-state index in [1.807, 2.05) is 0 Å². The van der Waals surface area contributed by atoms with Crippen LogP contribution in [0.15, 0.2) is 17.5 Å². The van der Waals surface area contributed by atoms with E-state index in [0.29, 0.717) is 0 Å². The molecule has 106 valence electrons. The summed E-state index contributed by atoms with van der Waals surface area (Å²) in [6, 6.07) is 4.48. The molecule has 20 heavy (non-hydrogen) atoms. The lowest BCUT2D eigenvalue weighted by molar-refractivity contribution is 0.588. The molecule has 3 nitrogen and oxygen atoms in total. The molecule has 0 unspecified atom stereocenters. The van der Waals surface area contributed by atoms with Crippen LogP contribution in [0.1, 0.15) is 16.7 Å².